The summed E-state index contributed by atoms with van der Waals surface area (Å²) in [5, 5.41) is 2.64. The molecular weight excluding hydrogens is 128 g/mol. The Bertz CT molecular complexity index is 80.6. The molecule has 1 rings (SSSR count). The normalized spacial score (nSPS) is 26.7. The summed E-state index contributed by atoms with van der Waals surface area (Å²) in [5.74, 6) is 0. The molecule has 53 valence electrons. The first-order chi connectivity index (χ1) is 4.34. The zero-order valence-electron chi connectivity index (χ0n) is 6.31. The van der Waals surface area contributed by atoms with E-state index in [1.165, 1.54) is 25.7 Å². The molecule has 1 saturated heterocycles. The lowest BCUT2D eigenvalue weighted by Gasteiger charge is -1.92. The second-order valence-electron chi connectivity index (χ2n) is 2.68. The number of thioether (sulfide) groups is 1. The van der Waals surface area contributed by atoms with Gasteiger partial charge >= 0.3 is 0 Å². The molecule has 0 nitrogen and oxygen atoms in total. The minimum atomic E-state index is 0.904. The molecular formula is C8H15S. The third-order valence-electron chi connectivity index (χ3n) is 1.75. The van der Waals surface area contributed by atoms with Gasteiger partial charge in [0.15, 0.2) is 0 Å². The molecule has 1 fully saturated rings. The predicted octanol–water partition coefficient (Wildman–Crippen LogP) is 3.23. The molecule has 1 unspecified atom stereocenters. The summed E-state index contributed by atoms with van der Waals surface area (Å²) in [6, 6.07) is 0. The standard InChI is InChI=1S/C8H15S/c1-3-4-5-6-8-7(2)9-8/h7H,3-6H2,1-2H3. The summed E-state index contributed by atoms with van der Waals surface area (Å²) in [6.07, 6.45) is 5.58. The Morgan fingerprint density at radius 2 is 2.11 bits per heavy atom. The fraction of sp³-hybridized carbons (Fsp3) is 0.875. The monoisotopic (exact) mass is 143 g/mol. The molecule has 1 heterocycles. The lowest BCUT2D eigenvalue weighted by Crippen LogP contribution is -1.80. The highest BCUT2D eigenvalue weighted by atomic mass is 32.2. The molecule has 0 aromatic heterocycles. The lowest BCUT2D eigenvalue weighted by atomic mass is 10.1. The third kappa shape index (κ3) is 2.61. The van der Waals surface area contributed by atoms with Gasteiger partial charge in [0.2, 0.25) is 0 Å². The number of unbranched alkanes of at least 4 members (excludes halogenated alkanes) is 2. The van der Waals surface area contributed by atoms with Gasteiger partial charge in [0, 0.05) is 10.5 Å². The molecule has 1 aliphatic heterocycles. The maximum absolute atomic E-state index is 2.30. The van der Waals surface area contributed by atoms with Crippen LogP contribution in [-0.2, 0) is 0 Å². The van der Waals surface area contributed by atoms with Crippen LogP contribution in [0, 0.1) is 5.25 Å². The number of hydrogen-bond acceptors (Lipinski definition) is 1. The third-order valence-corrected chi connectivity index (χ3v) is 3.00. The molecule has 1 atom stereocenters. The van der Waals surface area contributed by atoms with Gasteiger partial charge in [-0.1, -0.05) is 33.1 Å². The van der Waals surface area contributed by atoms with Gasteiger partial charge in [-0.2, -0.15) is 0 Å². The summed E-state index contributed by atoms with van der Waals surface area (Å²) in [6.45, 7) is 4.56. The second-order valence-corrected chi connectivity index (χ2v) is 4.15. The van der Waals surface area contributed by atoms with Crippen molar-refractivity contribution in [3.8, 4) is 0 Å². The van der Waals surface area contributed by atoms with Gasteiger partial charge in [0.05, 0.1) is 0 Å². The van der Waals surface area contributed by atoms with Crippen LogP contribution in [0.5, 0.6) is 0 Å². The largest absolute Gasteiger partial charge is 0.148 e. The molecule has 1 heteroatoms. The Morgan fingerprint density at radius 1 is 1.44 bits per heavy atom. The van der Waals surface area contributed by atoms with E-state index in [1.807, 2.05) is 0 Å². The van der Waals surface area contributed by atoms with Gasteiger partial charge in [0.25, 0.3) is 0 Å². The molecule has 0 aromatic carbocycles. The Balaban J connectivity index is 1.83. The first-order valence-corrected chi connectivity index (χ1v) is 4.75. The Hall–Kier alpha value is 0.350. The summed E-state index contributed by atoms with van der Waals surface area (Å²) < 4.78 is 0. The topological polar surface area (TPSA) is 0 Å². The molecule has 0 aliphatic carbocycles. The first-order valence-electron chi connectivity index (χ1n) is 3.87. The smallest absolute Gasteiger partial charge is 0.0436 e. The maximum Gasteiger partial charge on any atom is 0.0436 e. The van der Waals surface area contributed by atoms with E-state index in [9.17, 15) is 0 Å². The highest BCUT2D eigenvalue weighted by Crippen LogP contribution is 2.51. The molecule has 0 spiro atoms. The van der Waals surface area contributed by atoms with Crippen molar-refractivity contribution in [2.75, 3.05) is 0 Å². The van der Waals surface area contributed by atoms with Crippen molar-refractivity contribution in [2.45, 2.75) is 44.8 Å². The quantitative estimate of drug-likeness (QED) is 0.430. The molecule has 1 aliphatic rings. The average Bonchev–Trinajstić information content (AvgIpc) is 2.48. The lowest BCUT2D eigenvalue weighted by molar-refractivity contribution is 0.704. The van der Waals surface area contributed by atoms with Crippen LogP contribution >= 0.6 is 11.8 Å². The van der Waals surface area contributed by atoms with E-state index in [2.05, 4.69) is 25.6 Å². The van der Waals surface area contributed by atoms with Gasteiger partial charge < -0.3 is 0 Å². The minimum Gasteiger partial charge on any atom is -0.148 e. The Kier molecular flexibility index (Phi) is 2.90. The maximum atomic E-state index is 2.30. The van der Waals surface area contributed by atoms with Crippen LogP contribution in [0.25, 0.3) is 0 Å². The number of rotatable bonds is 4. The fourth-order valence-electron chi connectivity index (χ4n) is 1.00. The molecule has 0 saturated carbocycles. The van der Waals surface area contributed by atoms with Crippen LogP contribution in [0.3, 0.4) is 0 Å². The molecule has 0 aromatic rings. The second kappa shape index (κ2) is 3.50. The molecule has 0 bridgehead atoms. The van der Waals surface area contributed by atoms with Crippen LogP contribution in [0.4, 0.5) is 0 Å². The van der Waals surface area contributed by atoms with Crippen molar-refractivity contribution in [2.24, 2.45) is 0 Å². The predicted molar refractivity (Wildman–Crippen MR) is 44.4 cm³/mol. The average molecular weight is 143 g/mol. The van der Waals surface area contributed by atoms with Crippen molar-refractivity contribution >= 4 is 11.8 Å². The zero-order valence-corrected chi connectivity index (χ0v) is 7.13. The highest BCUT2D eigenvalue weighted by Gasteiger charge is 2.33. The summed E-state index contributed by atoms with van der Waals surface area (Å²) in [4.78, 5) is 0. The van der Waals surface area contributed by atoms with E-state index in [-0.39, 0.29) is 0 Å². The van der Waals surface area contributed by atoms with E-state index in [4.69, 9.17) is 0 Å². The van der Waals surface area contributed by atoms with Crippen molar-refractivity contribution in [3.63, 3.8) is 0 Å². The van der Waals surface area contributed by atoms with Crippen LogP contribution < -0.4 is 0 Å². The minimum absolute atomic E-state index is 0.904. The van der Waals surface area contributed by atoms with Gasteiger partial charge in [-0.3, -0.25) is 0 Å². The summed E-state index contributed by atoms with van der Waals surface area (Å²) >= 11 is 2.06. The highest BCUT2D eigenvalue weighted by molar-refractivity contribution is 8.10. The van der Waals surface area contributed by atoms with Crippen molar-refractivity contribution < 1.29 is 0 Å². The first kappa shape index (κ1) is 7.46. The van der Waals surface area contributed by atoms with Gasteiger partial charge in [0.1, 0.15) is 0 Å². The Labute approximate surface area is 62.4 Å². The zero-order chi connectivity index (χ0) is 6.69. The SMILES string of the molecule is CCCCC[C]1SC1C. The van der Waals surface area contributed by atoms with Crippen LogP contribution in [0.2, 0.25) is 0 Å². The summed E-state index contributed by atoms with van der Waals surface area (Å²) in [7, 11) is 0. The summed E-state index contributed by atoms with van der Waals surface area (Å²) in [5.41, 5.74) is 0. The number of hydrogen-bond donors (Lipinski definition) is 0. The fourth-order valence-corrected chi connectivity index (χ4v) is 1.77. The molecule has 1 radical (unpaired) electrons. The molecule has 0 amide bonds. The van der Waals surface area contributed by atoms with E-state index < -0.39 is 0 Å². The van der Waals surface area contributed by atoms with E-state index >= 15 is 0 Å². The molecule has 0 N–H and O–H groups in total. The van der Waals surface area contributed by atoms with Crippen LogP contribution in [0.1, 0.15) is 39.5 Å². The van der Waals surface area contributed by atoms with Gasteiger partial charge in [-0.15, -0.1) is 11.8 Å². The van der Waals surface area contributed by atoms with Gasteiger partial charge in [-0.05, 0) is 6.42 Å². The Morgan fingerprint density at radius 3 is 2.56 bits per heavy atom. The van der Waals surface area contributed by atoms with E-state index in [0.717, 1.165) is 5.25 Å². The van der Waals surface area contributed by atoms with Crippen LogP contribution in [-0.4, -0.2) is 5.25 Å². The van der Waals surface area contributed by atoms with E-state index in [1.54, 1.807) is 5.25 Å². The van der Waals surface area contributed by atoms with Crippen LogP contribution in [0.15, 0.2) is 0 Å². The van der Waals surface area contributed by atoms with E-state index in [0.29, 0.717) is 0 Å². The van der Waals surface area contributed by atoms with Crippen molar-refractivity contribution in [1.82, 2.24) is 0 Å². The van der Waals surface area contributed by atoms with Crippen molar-refractivity contribution in [3.05, 3.63) is 5.25 Å². The van der Waals surface area contributed by atoms with Gasteiger partial charge in [-0.25, -0.2) is 0 Å². The van der Waals surface area contributed by atoms with Crippen molar-refractivity contribution in [1.29, 1.82) is 0 Å². The molecule has 9 heavy (non-hydrogen) atoms.